The summed E-state index contributed by atoms with van der Waals surface area (Å²) in [6.07, 6.45) is 0.963. The van der Waals surface area contributed by atoms with Crippen LogP contribution in [-0.4, -0.2) is 20.3 Å². The van der Waals surface area contributed by atoms with Gasteiger partial charge in [0.1, 0.15) is 12.4 Å². The molecule has 1 aliphatic heterocycles. The average molecular weight is 313 g/mol. The lowest BCUT2D eigenvalue weighted by atomic mass is 9.97. The van der Waals surface area contributed by atoms with Gasteiger partial charge in [0.05, 0.1) is 6.61 Å². The average Bonchev–Trinajstić information content (AvgIpc) is 3.06. The molecule has 1 heterocycles. The van der Waals surface area contributed by atoms with E-state index in [1.54, 1.807) is 7.11 Å². The fourth-order valence-electron chi connectivity index (χ4n) is 2.83. The molecule has 2 aromatic carbocycles. The number of hydrogen-bond donors (Lipinski definition) is 3. The molecular weight excluding hydrogens is 290 g/mol. The number of ether oxygens (including phenoxy) is 2. The summed E-state index contributed by atoms with van der Waals surface area (Å²) in [7, 11) is 1.67. The van der Waals surface area contributed by atoms with Gasteiger partial charge in [-0.25, -0.2) is 10.9 Å². The molecule has 0 bridgehead atoms. The van der Waals surface area contributed by atoms with Crippen LogP contribution in [-0.2, 0) is 4.74 Å². The second kappa shape index (κ2) is 7.46. The van der Waals surface area contributed by atoms with Gasteiger partial charge in [0, 0.05) is 24.9 Å². The molecule has 0 amide bonds. The van der Waals surface area contributed by atoms with Crippen LogP contribution in [0.2, 0.25) is 0 Å². The van der Waals surface area contributed by atoms with Crippen molar-refractivity contribution in [3.8, 4) is 5.75 Å². The lowest BCUT2D eigenvalue weighted by molar-refractivity contribution is 0.146. The molecule has 0 saturated carbocycles. The number of rotatable bonds is 6. The van der Waals surface area contributed by atoms with E-state index in [2.05, 4.69) is 29.1 Å². The molecule has 0 spiro atoms. The summed E-state index contributed by atoms with van der Waals surface area (Å²) in [5.74, 6) is 0.869. The first-order valence-electron chi connectivity index (χ1n) is 7.84. The molecule has 122 valence electrons. The van der Waals surface area contributed by atoms with Crippen LogP contribution in [0.5, 0.6) is 5.75 Å². The summed E-state index contributed by atoms with van der Waals surface area (Å²) in [6.45, 7) is 1.15. The third-order valence-electron chi connectivity index (χ3n) is 4.03. The minimum atomic E-state index is 0.243. The highest BCUT2D eigenvalue weighted by molar-refractivity contribution is 5.42. The van der Waals surface area contributed by atoms with Crippen LogP contribution in [0.1, 0.15) is 29.6 Å². The van der Waals surface area contributed by atoms with Crippen molar-refractivity contribution in [1.29, 1.82) is 0 Å². The van der Waals surface area contributed by atoms with Crippen LogP contribution in [0.3, 0.4) is 0 Å². The van der Waals surface area contributed by atoms with Gasteiger partial charge in [-0.05, 0) is 41.8 Å². The first-order valence-corrected chi connectivity index (χ1v) is 7.84. The predicted molar refractivity (Wildman–Crippen MR) is 91.0 cm³/mol. The molecule has 5 heteroatoms. The molecule has 3 rings (SSSR count). The SMILES string of the molecule is COCCOc1cccc(C2CC(c3cccc(N)c3)NN2)c1. The van der Waals surface area contributed by atoms with Gasteiger partial charge in [-0.3, -0.25) is 0 Å². The van der Waals surface area contributed by atoms with Gasteiger partial charge in [-0.1, -0.05) is 24.3 Å². The Morgan fingerprint density at radius 2 is 1.70 bits per heavy atom. The van der Waals surface area contributed by atoms with Gasteiger partial charge in [-0.15, -0.1) is 0 Å². The van der Waals surface area contributed by atoms with Crippen molar-refractivity contribution in [2.75, 3.05) is 26.1 Å². The fraction of sp³-hybridized carbons (Fsp3) is 0.333. The van der Waals surface area contributed by atoms with Crippen LogP contribution in [0.4, 0.5) is 5.69 Å². The number of anilines is 1. The summed E-state index contributed by atoms with van der Waals surface area (Å²) >= 11 is 0. The highest BCUT2D eigenvalue weighted by atomic mass is 16.5. The first kappa shape index (κ1) is 15.8. The van der Waals surface area contributed by atoms with E-state index in [1.165, 1.54) is 11.1 Å². The monoisotopic (exact) mass is 313 g/mol. The smallest absolute Gasteiger partial charge is 0.119 e. The van der Waals surface area contributed by atoms with E-state index in [9.17, 15) is 0 Å². The zero-order chi connectivity index (χ0) is 16.1. The molecule has 1 aliphatic rings. The Labute approximate surface area is 136 Å². The number of hydrogen-bond acceptors (Lipinski definition) is 5. The molecule has 2 aromatic rings. The van der Waals surface area contributed by atoms with Crippen molar-refractivity contribution in [2.45, 2.75) is 18.5 Å². The van der Waals surface area contributed by atoms with Gasteiger partial charge in [0.2, 0.25) is 0 Å². The van der Waals surface area contributed by atoms with E-state index in [0.717, 1.165) is 17.9 Å². The van der Waals surface area contributed by atoms with Crippen molar-refractivity contribution < 1.29 is 9.47 Å². The Bertz CT molecular complexity index is 648. The second-order valence-electron chi connectivity index (χ2n) is 5.71. The van der Waals surface area contributed by atoms with E-state index < -0.39 is 0 Å². The molecule has 2 atom stereocenters. The van der Waals surface area contributed by atoms with E-state index in [4.69, 9.17) is 15.2 Å². The van der Waals surface area contributed by atoms with E-state index in [1.807, 2.05) is 30.3 Å². The summed E-state index contributed by atoms with van der Waals surface area (Å²) in [4.78, 5) is 0. The molecule has 0 aliphatic carbocycles. The maximum absolute atomic E-state index is 5.87. The van der Waals surface area contributed by atoms with Crippen LogP contribution in [0.15, 0.2) is 48.5 Å². The van der Waals surface area contributed by atoms with Crippen molar-refractivity contribution in [3.05, 3.63) is 59.7 Å². The van der Waals surface area contributed by atoms with Crippen molar-refractivity contribution >= 4 is 5.69 Å². The Kier molecular flexibility index (Phi) is 5.12. The summed E-state index contributed by atoms with van der Waals surface area (Å²) in [6, 6.07) is 16.7. The maximum Gasteiger partial charge on any atom is 0.119 e. The van der Waals surface area contributed by atoms with Crippen molar-refractivity contribution in [2.24, 2.45) is 0 Å². The van der Waals surface area contributed by atoms with Gasteiger partial charge in [-0.2, -0.15) is 0 Å². The fourth-order valence-corrected chi connectivity index (χ4v) is 2.83. The van der Waals surface area contributed by atoms with Crippen molar-refractivity contribution in [1.82, 2.24) is 10.9 Å². The van der Waals surface area contributed by atoms with E-state index >= 15 is 0 Å². The van der Waals surface area contributed by atoms with Gasteiger partial charge >= 0.3 is 0 Å². The van der Waals surface area contributed by atoms with Gasteiger partial charge in [0.25, 0.3) is 0 Å². The Hall–Kier alpha value is -2.08. The number of nitrogens with two attached hydrogens (primary N) is 1. The highest BCUT2D eigenvalue weighted by Crippen LogP contribution is 2.32. The molecule has 5 nitrogen and oxygen atoms in total. The molecule has 1 saturated heterocycles. The lowest BCUT2D eigenvalue weighted by Gasteiger charge is -2.12. The largest absolute Gasteiger partial charge is 0.491 e. The zero-order valence-corrected chi connectivity index (χ0v) is 13.3. The number of methoxy groups -OCH3 is 1. The molecule has 1 fully saturated rings. The Balaban J connectivity index is 1.65. The topological polar surface area (TPSA) is 68.5 Å². The minimum absolute atomic E-state index is 0.243. The first-order chi connectivity index (χ1) is 11.3. The highest BCUT2D eigenvalue weighted by Gasteiger charge is 2.26. The Morgan fingerprint density at radius 3 is 2.39 bits per heavy atom. The number of nitrogen functional groups attached to an aromatic ring is 1. The standard InChI is InChI=1S/C18H23N3O2/c1-22-8-9-23-16-7-3-5-14(11-16)18-12-17(20-21-18)13-4-2-6-15(19)10-13/h2-7,10-11,17-18,20-21H,8-9,12,19H2,1H3. The van der Waals surface area contributed by atoms with E-state index in [-0.39, 0.29) is 12.1 Å². The maximum atomic E-state index is 5.87. The van der Waals surface area contributed by atoms with Crippen LogP contribution >= 0.6 is 0 Å². The summed E-state index contributed by atoms with van der Waals surface area (Å²) in [5.41, 5.74) is 15.8. The predicted octanol–water partition coefficient (Wildman–Crippen LogP) is 2.57. The van der Waals surface area contributed by atoms with Gasteiger partial charge in [0.15, 0.2) is 0 Å². The number of nitrogens with one attached hydrogen (secondary N) is 2. The summed E-state index contributed by atoms with van der Waals surface area (Å²) < 4.78 is 10.7. The second-order valence-corrected chi connectivity index (χ2v) is 5.71. The molecule has 23 heavy (non-hydrogen) atoms. The molecular formula is C18H23N3O2. The number of hydrazine groups is 1. The quantitative estimate of drug-likeness (QED) is 0.565. The van der Waals surface area contributed by atoms with Crippen LogP contribution < -0.4 is 21.3 Å². The Morgan fingerprint density at radius 1 is 1.00 bits per heavy atom. The van der Waals surface area contributed by atoms with Crippen LogP contribution in [0, 0.1) is 0 Å². The normalized spacial score (nSPS) is 20.6. The van der Waals surface area contributed by atoms with Gasteiger partial charge < -0.3 is 15.2 Å². The third-order valence-corrected chi connectivity index (χ3v) is 4.03. The third kappa shape index (κ3) is 4.01. The molecule has 0 aromatic heterocycles. The minimum Gasteiger partial charge on any atom is -0.491 e. The molecule has 2 unspecified atom stereocenters. The van der Waals surface area contributed by atoms with Crippen molar-refractivity contribution in [3.63, 3.8) is 0 Å². The molecule has 0 radical (unpaired) electrons. The van der Waals surface area contributed by atoms with E-state index in [0.29, 0.717) is 13.2 Å². The number of benzene rings is 2. The lowest BCUT2D eigenvalue weighted by Crippen LogP contribution is -2.26. The van der Waals surface area contributed by atoms with Crippen LogP contribution in [0.25, 0.3) is 0 Å². The molecule has 4 N–H and O–H groups in total. The zero-order valence-electron chi connectivity index (χ0n) is 13.3. The summed E-state index contributed by atoms with van der Waals surface area (Å²) in [5, 5.41) is 0.